The predicted molar refractivity (Wildman–Crippen MR) is 105 cm³/mol. The number of pyridine rings is 2. The summed E-state index contributed by atoms with van der Waals surface area (Å²) in [5, 5.41) is 9.47. The highest BCUT2D eigenvalue weighted by Crippen LogP contribution is 2.26. The molecule has 4 heteroatoms. The molecular weight excluding hydrogens is 340 g/mol. The van der Waals surface area contributed by atoms with Crippen LogP contribution < -0.4 is 5.56 Å². The summed E-state index contributed by atoms with van der Waals surface area (Å²) in [5.41, 5.74) is 3.71. The van der Waals surface area contributed by atoms with Crippen LogP contribution in [0.5, 0.6) is 0 Å². The summed E-state index contributed by atoms with van der Waals surface area (Å²) in [6, 6.07) is 26.2. The third kappa shape index (κ3) is 3.14. The minimum Gasteiger partial charge on any atom is -0.283 e. The summed E-state index contributed by atoms with van der Waals surface area (Å²) in [5.74, 6) is 0. The van der Waals surface area contributed by atoms with Gasteiger partial charge in [0.25, 0.3) is 5.56 Å². The quantitative estimate of drug-likeness (QED) is 0.546. The highest BCUT2D eigenvalue weighted by Gasteiger charge is 2.14. The van der Waals surface area contributed by atoms with Crippen LogP contribution in [0.4, 0.5) is 0 Å². The molecule has 0 aliphatic carbocycles. The Kier molecular flexibility index (Phi) is 4.34. The monoisotopic (exact) mass is 355 g/mol. The van der Waals surface area contributed by atoms with Gasteiger partial charge in [-0.2, -0.15) is 5.26 Å². The lowest BCUT2D eigenvalue weighted by atomic mass is 9.99. The molecule has 0 aliphatic heterocycles. The van der Waals surface area contributed by atoms with Crippen molar-refractivity contribution >= 4 is 0 Å². The highest BCUT2D eigenvalue weighted by atomic mass is 16.1. The molecule has 0 amide bonds. The summed E-state index contributed by atoms with van der Waals surface area (Å²) in [7, 11) is 0. The van der Waals surface area contributed by atoms with E-state index < -0.39 is 0 Å². The molecule has 0 fully saturated rings. The van der Waals surface area contributed by atoms with Crippen LogP contribution in [0.3, 0.4) is 0 Å². The Bertz CT molecular complexity index is 1190. The van der Waals surface area contributed by atoms with E-state index in [1.54, 1.807) is 41.2 Å². The molecule has 128 valence electrons. The van der Waals surface area contributed by atoms with E-state index in [-0.39, 0.29) is 5.56 Å². The average molecular weight is 355 g/mol. The normalized spacial score (nSPS) is 10.3. The Balaban J connectivity index is 2.04. The Morgan fingerprint density at radius 2 is 1.59 bits per heavy atom. The van der Waals surface area contributed by atoms with E-state index in [9.17, 15) is 10.1 Å². The number of hydrogen-bond acceptors (Lipinski definition) is 3. The fourth-order valence-corrected chi connectivity index (χ4v) is 3.04. The van der Waals surface area contributed by atoms with Gasteiger partial charge in [0.2, 0.25) is 0 Å². The van der Waals surface area contributed by atoms with Gasteiger partial charge in [-0.25, -0.2) is 0 Å². The van der Waals surface area contributed by atoms with Crippen LogP contribution in [-0.4, -0.2) is 9.55 Å². The van der Waals surface area contributed by atoms with Crippen molar-refractivity contribution in [1.82, 2.24) is 9.55 Å². The van der Waals surface area contributed by atoms with E-state index >= 15 is 0 Å². The molecule has 2 aromatic heterocycles. The average Bonchev–Trinajstić information content (AvgIpc) is 2.75. The number of hydrogen-bond donors (Lipinski definition) is 0. The summed E-state index contributed by atoms with van der Waals surface area (Å²) in [4.78, 5) is 17.7. The van der Waals surface area contributed by atoms with Crippen molar-refractivity contribution in [3.63, 3.8) is 0 Å². The molecule has 4 rings (SSSR count). The van der Waals surface area contributed by atoms with Crippen LogP contribution in [0.25, 0.3) is 28.1 Å². The van der Waals surface area contributed by atoms with Crippen molar-refractivity contribution in [2.24, 2.45) is 0 Å². The maximum Gasteiger partial charge on any atom is 0.263 e. The fourth-order valence-electron chi connectivity index (χ4n) is 3.04. The van der Waals surface area contributed by atoms with Crippen molar-refractivity contribution in [3.05, 3.63) is 107 Å². The Hall–Kier alpha value is -3.97. The molecule has 27 heavy (non-hydrogen) atoms. The van der Waals surface area contributed by atoms with Crippen LogP contribution in [0.1, 0.15) is 5.56 Å². The van der Waals surface area contributed by atoms with E-state index in [1.165, 1.54) is 0 Å². The van der Waals surface area contributed by atoms with E-state index in [0.29, 0.717) is 16.7 Å². The summed E-state index contributed by atoms with van der Waals surface area (Å²) in [6.07, 6.45) is 3.51. The lowest BCUT2D eigenvalue weighted by molar-refractivity contribution is 0.993. The minimum absolute atomic E-state index is 0.177. The number of benzene rings is 2. The first-order valence-electron chi connectivity index (χ1n) is 8.51. The predicted octanol–water partition coefficient (Wildman–Crippen LogP) is 4.44. The molecule has 4 nitrogen and oxygen atoms in total. The molecule has 0 atom stereocenters. The van der Waals surface area contributed by atoms with Gasteiger partial charge >= 0.3 is 0 Å². The molecular formula is C23H15N3O. The van der Waals surface area contributed by atoms with E-state index in [0.717, 1.165) is 16.9 Å². The zero-order valence-electron chi connectivity index (χ0n) is 14.4. The Morgan fingerprint density at radius 1 is 0.852 bits per heavy atom. The van der Waals surface area contributed by atoms with E-state index in [1.807, 2.05) is 54.6 Å². The van der Waals surface area contributed by atoms with E-state index in [2.05, 4.69) is 11.1 Å². The van der Waals surface area contributed by atoms with Crippen LogP contribution in [-0.2, 0) is 0 Å². The molecule has 0 aliphatic rings. The highest BCUT2D eigenvalue weighted by molar-refractivity contribution is 5.74. The molecule has 0 spiro atoms. The van der Waals surface area contributed by atoms with Crippen molar-refractivity contribution in [2.45, 2.75) is 0 Å². The Morgan fingerprint density at radius 3 is 2.33 bits per heavy atom. The second-order valence-corrected chi connectivity index (χ2v) is 6.03. The first-order chi connectivity index (χ1) is 13.3. The fraction of sp³-hybridized carbons (Fsp3) is 0. The number of para-hydroxylation sites is 1. The third-order valence-electron chi connectivity index (χ3n) is 4.35. The second kappa shape index (κ2) is 7.11. The van der Waals surface area contributed by atoms with E-state index in [4.69, 9.17) is 0 Å². The molecule has 4 aromatic rings. The molecule has 0 radical (unpaired) electrons. The largest absolute Gasteiger partial charge is 0.283 e. The smallest absolute Gasteiger partial charge is 0.263 e. The summed E-state index contributed by atoms with van der Waals surface area (Å²) in [6.45, 7) is 0. The maximum absolute atomic E-state index is 13.3. The summed E-state index contributed by atoms with van der Waals surface area (Å²) < 4.78 is 1.60. The molecule has 0 saturated heterocycles. The topological polar surface area (TPSA) is 58.7 Å². The SMILES string of the molecule is N#Cc1ccccc1-c1cc(-c2ccccn2)cn(-[13c]2[13cH][13cH][13cH][13cH][13cH]2)c1=O. The number of nitrogens with zero attached hydrogens (tertiary/aromatic N) is 3. The lowest BCUT2D eigenvalue weighted by Crippen LogP contribution is -2.20. The van der Waals surface area contributed by atoms with Crippen molar-refractivity contribution in [2.75, 3.05) is 0 Å². The maximum atomic E-state index is 13.3. The van der Waals surface area contributed by atoms with Gasteiger partial charge in [-0.15, -0.1) is 0 Å². The van der Waals surface area contributed by atoms with Crippen LogP contribution in [0.2, 0.25) is 0 Å². The molecule has 0 unspecified atom stereocenters. The van der Waals surface area contributed by atoms with Crippen molar-refractivity contribution in [3.8, 4) is 34.1 Å². The Labute approximate surface area is 156 Å². The number of rotatable bonds is 3. The van der Waals surface area contributed by atoms with Gasteiger partial charge in [-0.1, -0.05) is 42.5 Å². The van der Waals surface area contributed by atoms with Gasteiger partial charge in [0, 0.05) is 34.8 Å². The zero-order valence-corrected chi connectivity index (χ0v) is 14.4. The lowest BCUT2D eigenvalue weighted by Gasteiger charge is -2.13. The molecule has 0 N–H and O–H groups in total. The molecule has 2 aromatic carbocycles. The van der Waals surface area contributed by atoms with Gasteiger partial charge in [-0.3, -0.25) is 14.3 Å². The standard InChI is InChI=1S/C23H15N3O/c24-15-17-8-4-5-11-20(17)21-14-18(22-12-6-7-13-25-22)16-26(23(21)27)19-9-2-1-3-10-19/h1-14,16H/i1+1,2+1,3+1,9+1,10+1,19+1. The van der Waals surface area contributed by atoms with Gasteiger partial charge in [0.15, 0.2) is 0 Å². The zero-order chi connectivity index (χ0) is 18.6. The van der Waals surface area contributed by atoms with Gasteiger partial charge in [0.05, 0.1) is 17.3 Å². The number of nitriles is 1. The van der Waals surface area contributed by atoms with Gasteiger partial charge in [0.1, 0.15) is 0 Å². The van der Waals surface area contributed by atoms with Crippen LogP contribution >= 0.6 is 0 Å². The van der Waals surface area contributed by atoms with Gasteiger partial charge < -0.3 is 0 Å². The first-order valence-corrected chi connectivity index (χ1v) is 8.51. The third-order valence-corrected chi connectivity index (χ3v) is 4.35. The number of aromatic nitrogens is 2. The van der Waals surface area contributed by atoms with Gasteiger partial charge in [-0.05, 0) is 36.4 Å². The van der Waals surface area contributed by atoms with Crippen molar-refractivity contribution < 1.29 is 0 Å². The van der Waals surface area contributed by atoms with Crippen LogP contribution in [0.15, 0.2) is 96.1 Å². The molecule has 2 heterocycles. The minimum atomic E-state index is -0.177. The van der Waals surface area contributed by atoms with Crippen molar-refractivity contribution in [1.29, 1.82) is 5.26 Å². The summed E-state index contributed by atoms with van der Waals surface area (Å²) >= 11 is 0. The second-order valence-electron chi connectivity index (χ2n) is 6.03. The van der Waals surface area contributed by atoms with Crippen LogP contribution in [0, 0.1) is 11.3 Å². The first kappa shape index (κ1) is 16.5. The molecule has 0 bridgehead atoms. The molecule has 0 saturated carbocycles.